The zero-order valence-electron chi connectivity index (χ0n) is 19.7. The van der Waals surface area contributed by atoms with Gasteiger partial charge in [0.05, 0.1) is 24.5 Å². The number of hydrogen-bond donors (Lipinski definition) is 1. The van der Waals surface area contributed by atoms with Crippen LogP contribution in [0, 0.1) is 5.41 Å². The zero-order valence-corrected chi connectivity index (χ0v) is 21.3. The quantitative estimate of drug-likeness (QED) is 0.508. The summed E-state index contributed by atoms with van der Waals surface area (Å²) in [6.07, 6.45) is 0.0137. The van der Waals surface area contributed by atoms with Gasteiger partial charge < -0.3 is 14.8 Å². The Morgan fingerprint density at radius 2 is 1.76 bits per heavy atom. The van der Waals surface area contributed by atoms with Gasteiger partial charge in [-0.2, -0.15) is 0 Å². The molecular formula is C24H30ClNO6S. The SMILES string of the molecule is COC(=O)Cc1cc(Cl)cc(Oc2ccc(NC(=O)C(C)(C)C)cc2CS(=O)(=O)C(C)C)c1. The van der Waals surface area contributed by atoms with Crippen molar-refractivity contribution >= 4 is 39.0 Å². The number of anilines is 1. The molecule has 1 N–H and O–H groups in total. The first-order valence-corrected chi connectivity index (χ1v) is 12.5. The topological polar surface area (TPSA) is 98.8 Å². The molecule has 2 aromatic rings. The highest BCUT2D eigenvalue weighted by molar-refractivity contribution is 7.91. The molecule has 0 radical (unpaired) electrons. The van der Waals surface area contributed by atoms with Crippen LogP contribution in [-0.2, 0) is 36.3 Å². The maximum atomic E-state index is 12.6. The molecule has 0 aromatic heterocycles. The Bertz CT molecular complexity index is 1140. The van der Waals surface area contributed by atoms with E-state index in [1.54, 1.807) is 71.0 Å². The van der Waals surface area contributed by atoms with Crippen molar-refractivity contribution < 1.29 is 27.5 Å². The first-order chi connectivity index (χ1) is 15.2. The summed E-state index contributed by atoms with van der Waals surface area (Å²) in [4.78, 5) is 24.0. The van der Waals surface area contributed by atoms with Crippen molar-refractivity contribution in [3.63, 3.8) is 0 Å². The first kappa shape index (κ1) is 26.7. The predicted molar refractivity (Wildman–Crippen MR) is 130 cm³/mol. The van der Waals surface area contributed by atoms with Gasteiger partial charge in [0.25, 0.3) is 0 Å². The van der Waals surface area contributed by atoms with Gasteiger partial charge in [0, 0.05) is 21.7 Å². The summed E-state index contributed by atoms with van der Waals surface area (Å²) in [5.74, 6) is -0.244. The molecule has 1 amide bonds. The molecule has 0 saturated heterocycles. The van der Waals surface area contributed by atoms with E-state index in [2.05, 4.69) is 5.32 Å². The van der Waals surface area contributed by atoms with Crippen LogP contribution in [0.15, 0.2) is 36.4 Å². The Kier molecular flexibility index (Phi) is 8.54. The Hall–Kier alpha value is -2.58. The minimum Gasteiger partial charge on any atom is -0.469 e. The molecule has 0 aliphatic carbocycles. The maximum absolute atomic E-state index is 12.6. The van der Waals surface area contributed by atoms with E-state index in [9.17, 15) is 18.0 Å². The highest BCUT2D eigenvalue weighted by Crippen LogP contribution is 2.32. The second kappa shape index (κ2) is 10.6. The molecule has 0 bridgehead atoms. The molecule has 0 aliphatic rings. The average Bonchev–Trinajstić information content (AvgIpc) is 2.68. The van der Waals surface area contributed by atoms with Gasteiger partial charge in [0.2, 0.25) is 5.91 Å². The molecule has 0 unspecified atom stereocenters. The van der Waals surface area contributed by atoms with Crippen molar-refractivity contribution in [2.75, 3.05) is 12.4 Å². The Labute approximate surface area is 200 Å². The number of amides is 1. The fraction of sp³-hybridized carbons (Fsp3) is 0.417. The number of rotatable bonds is 8. The van der Waals surface area contributed by atoms with E-state index in [4.69, 9.17) is 21.1 Å². The first-order valence-electron chi connectivity index (χ1n) is 10.4. The molecular weight excluding hydrogens is 466 g/mol. The normalized spacial score (nSPS) is 11.9. The number of carbonyl (C=O) groups excluding carboxylic acids is 2. The number of benzene rings is 2. The fourth-order valence-corrected chi connectivity index (χ4v) is 3.96. The number of hydrogen-bond acceptors (Lipinski definition) is 6. The standard InChI is InChI=1S/C24H30ClNO6S/c1-15(2)33(29,30)14-17-12-19(26-23(28)24(3,4)5)7-8-21(17)32-20-10-16(9-18(25)13-20)11-22(27)31-6/h7-10,12-13,15H,11,14H2,1-6H3,(H,26,28). The van der Waals surface area contributed by atoms with Crippen LogP contribution in [0.25, 0.3) is 0 Å². The van der Waals surface area contributed by atoms with Crippen molar-refractivity contribution in [1.29, 1.82) is 0 Å². The lowest BCUT2D eigenvalue weighted by Gasteiger charge is -2.19. The lowest BCUT2D eigenvalue weighted by Crippen LogP contribution is -2.27. The third-order valence-corrected chi connectivity index (χ3v) is 7.18. The Morgan fingerprint density at radius 3 is 2.33 bits per heavy atom. The monoisotopic (exact) mass is 495 g/mol. The molecule has 9 heteroatoms. The van der Waals surface area contributed by atoms with Crippen LogP contribution in [0.3, 0.4) is 0 Å². The van der Waals surface area contributed by atoms with Crippen LogP contribution >= 0.6 is 11.6 Å². The second-order valence-corrected chi connectivity index (χ2v) is 12.0. The van der Waals surface area contributed by atoms with Gasteiger partial charge in [-0.15, -0.1) is 0 Å². The highest BCUT2D eigenvalue weighted by atomic mass is 35.5. The van der Waals surface area contributed by atoms with E-state index in [-0.39, 0.29) is 18.1 Å². The van der Waals surface area contributed by atoms with Gasteiger partial charge in [0.15, 0.2) is 9.84 Å². The molecule has 0 atom stereocenters. The van der Waals surface area contributed by atoms with Crippen molar-refractivity contribution in [2.45, 2.75) is 52.0 Å². The van der Waals surface area contributed by atoms with Gasteiger partial charge in [-0.25, -0.2) is 8.42 Å². The van der Waals surface area contributed by atoms with Crippen molar-refractivity contribution in [1.82, 2.24) is 0 Å². The lowest BCUT2D eigenvalue weighted by molar-refractivity contribution is -0.139. The number of esters is 1. The summed E-state index contributed by atoms with van der Waals surface area (Å²) in [6, 6.07) is 9.67. The largest absolute Gasteiger partial charge is 0.469 e. The molecule has 7 nitrogen and oxygen atoms in total. The van der Waals surface area contributed by atoms with Gasteiger partial charge in [-0.05, 0) is 55.8 Å². The predicted octanol–water partition coefficient (Wildman–Crippen LogP) is 5.16. The van der Waals surface area contributed by atoms with Crippen molar-refractivity contribution in [2.24, 2.45) is 5.41 Å². The molecule has 33 heavy (non-hydrogen) atoms. The van der Waals surface area contributed by atoms with Crippen molar-refractivity contribution in [3.8, 4) is 11.5 Å². The van der Waals surface area contributed by atoms with Crippen LogP contribution in [0.2, 0.25) is 5.02 Å². The van der Waals surface area contributed by atoms with E-state index < -0.39 is 26.5 Å². The molecule has 0 saturated carbocycles. The summed E-state index contributed by atoms with van der Waals surface area (Å²) in [5, 5.41) is 2.58. The van der Waals surface area contributed by atoms with E-state index in [0.29, 0.717) is 33.3 Å². The summed E-state index contributed by atoms with van der Waals surface area (Å²) in [6.45, 7) is 8.58. The van der Waals surface area contributed by atoms with Gasteiger partial charge >= 0.3 is 5.97 Å². The minimum absolute atomic E-state index is 0.0137. The summed E-state index contributed by atoms with van der Waals surface area (Å²) in [7, 11) is -2.16. The molecule has 180 valence electrons. The van der Waals surface area contributed by atoms with Gasteiger partial charge in [0.1, 0.15) is 11.5 Å². The number of carbonyl (C=O) groups is 2. The smallest absolute Gasteiger partial charge is 0.309 e. The fourth-order valence-electron chi connectivity index (χ4n) is 2.72. The molecule has 0 heterocycles. The second-order valence-electron chi connectivity index (χ2n) is 9.03. The zero-order chi connectivity index (χ0) is 25.0. The van der Waals surface area contributed by atoms with Crippen LogP contribution in [0.4, 0.5) is 5.69 Å². The van der Waals surface area contributed by atoms with Gasteiger partial charge in [-0.1, -0.05) is 32.4 Å². The summed E-state index contributed by atoms with van der Waals surface area (Å²) < 4.78 is 36.0. The lowest BCUT2D eigenvalue weighted by atomic mass is 9.95. The molecule has 2 rings (SSSR count). The third-order valence-electron chi connectivity index (χ3n) is 4.81. The number of nitrogens with one attached hydrogen (secondary N) is 1. The van der Waals surface area contributed by atoms with Gasteiger partial charge in [-0.3, -0.25) is 9.59 Å². The molecule has 0 aliphatic heterocycles. The number of sulfone groups is 1. The Morgan fingerprint density at radius 1 is 1.09 bits per heavy atom. The number of halogens is 1. The van der Waals surface area contributed by atoms with Crippen LogP contribution in [-0.4, -0.2) is 32.7 Å². The molecule has 2 aromatic carbocycles. The van der Waals surface area contributed by atoms with E-state index in [1.807, 2.05) is 0 Å². The highest BCUT2D eigenvalue weighted by Gasteiger charge is 2.23. The van der Waals surface area contributed by atoms with Crippen molar-refractivity contribution in [3.05, 3.63) is 52.5 Å². The average molecular weight is 496 g/mol. The van der Waals surface area contributed by atoms with E-state index in [0.717, 1.165) is 0 Å². The van der Waals surface area contributed by atoms with E-state index in [1.165, 1.54) is 7.11 Å². The van der Waals surface area contributed by atoms with Crippen LogP contribution in [0.5, 0.6) is 11.5 Å². The number of ether oxygens (including phenoxy) is 2. The molecule has 0 spiro atoms. The summed E-state index contributed by atoms with van der Waals surface area (Å²) >= 11 is 6.18. The van der Waals surface area contributed by atoms with Crippen LogP contribution in [0.1, 0.15) is 45.7 Å². The summed E-state index contributed by atoms with van der Waals surface area (Å²) in [5.41, 5.74) is 0.837. The Balaban J connectivity index is 2.45. The maximum Gasteiger partial charge on any atom is 0.309 e. The minimum atomic E-state index is -3.46. The third kappa shape index (κ3) is 7.75. The van der Waals surface area contributed by atoms with Crippen LogP contribution < -0.4 is 10.1 Å². The molecule has 0 fully saturated rings. The van der Waals surface area contributed by atoms with E-state index >= 15 is 0 Å². The number of methoxy groups -OCH3 is 1.